The van der Waals surface area contributed by atoms with Gasteiger partial charge in [-0.25, -0.2) is 4.98 Å². The van der Waals surface area contributed by atoms with Gasteiger partial charge in [-0.2, -0.15) is 0 Å². The largest absolute Gasteiger partial charge is 0.351 e. The Hall–Kier alpha value is -1.68. The van der Waals surface area contributed by atoms with E-state index >= 15 is 0 Å². The lowest BCUT2D eigenvalue weighted by Crippen LogP contribution is -2.22. The third kappa shape index (κ3) is 2.71. The lowest BCUT2D eigenvalue weighted by Gasteiger charge is -1.98. The molecule has 0 aliphatic carbocycles. The molecule has 88 valence electrons. The van der Waals surface area contributed by atoms with Crippen molar-refractivity contribution in [1.82, 2.24) is 10.3 Å². The smallest absolute Gasteiger partial charge is 0.270 e. The Balaban J connectivity index is 2.23. The van der Waals surface area contributed by atoms with Gasteiger partial charge in [0.15, 0.2) is 0 Å². The fourth-order valence-electron chi connectivity index (χ4n) is 1.46. The molecule has 2 rings (SSSR count). The summed E-state index contributed by atoms with van der Waals surface area (Å²) in [6.45, 7) is 4.56. The lowest BCUT2D eigenvalue weighted by atomic mass is 10.2. The van der Waals surface area contributed by atoms with Gasteiger partial charge in [0.2, 0.25) is 0 Å². The maximum Gasteiger partial charge on any atom is 0.270 e. The molecule has 4 heteroatoms. The molecular formula is C13H14N2OS. The summed E-state index contributed by atoms with van der Waals surface area (Å²) in [6, 6.07) is 8.14. The third-order valence-electron chi connectivity index (χ3n) is 2.37. The summed E-state index contributed by atoms with van der Waals surface area (Å²) in [7, 11) is 0. The SMILES string of the molecule is CCNC(=O)c1csc(-c2ccc(C)cc2)n1. The first kappa shape index (κ1) is 11.8. The van der Waals surface area contributed by atoms with Crippen LogP contribution < -0.4 is 5.32 Å². The number of aryl methyl sites for hydroxylation is 1. The van der Waals surface area contributed by atoms with Crippen LogP contribution in [0.4, 0.5) is 0 Å². The van der Waals surface area contributed by atoms with Gasteiger partial charge in [-0.15, -0.1) is 11.3 Å². The van der Waals surface area contributed by atoms with Crippen LogP contribution in [0.15, 0.2) is 29.6 Å². The number of thiazole rings is 1. The third-order valence-corrected chi connectivity index (χ3v) is 3.26. The molecule has 0 atom stereocenters. The molecule has 0 spiro atoms. The van der Waals surface area contributed by atoms with Crippen LogP contribution in [-0.2, 0) is 0 Å². The number of carbonyl (C=O) groups excluding carboxylic acids is 1. The standard InChI is InChI=1S/C13H14N2OS/c1-3-14-12(16)11-8-17-13(15-11)10-6-4-9(2)5-7-10/h4-8H,3H2,1-2H3,(H,14,16). The van der Waals surface area contributed by atoms with E-state index in [2.05, 4.69) is 10.3 Å². The first-order chi connectivity index (χ1) is 8.20. The van der Waals surface area contributed by atoms with Gasteiger partial charge < -0.3 is 5.32 Å². The molecule has 2 aromatic rings. The number of amides is 1. The Morgan fingerprint density at radius 1 is 1.35 bits per heavy atom. The molecule has 17 heavy (non-hydrogen) atoms. The molecule has 0 radical (unpaired) electrons. The van der Waals surface area contributed by atoms with Crippen LogP contribution in [0.3, 0.4) is 0 Å². The number of aromatic nitrogens is 1. The summed E-state index contributed by atoms with van der Waals surface area (Å²) in [6.07, 6.45) is 0. The summed E-state index contributed by atoms with van der Waals surface area (Å²) >= 11 is 1.49. The zero-order chi connectivity index (χ0) is 12.3. The van der Waals surface area contributed by atoms with Gasteiger partial charge in [0.05, 0.1) is 0 Å². The molecule has 3 nitrogen and oxygen atoms in total. The predicted molar refractivity (Wildman–Crippen MR) is 70.3 cm³/mol. The molecule has 0 unspecified atom stereocenters. The fraction of sp³-hybridized carbons (Fsp3) is 0.231. The fourth-order valence-corrected chi connectivity index (χ4v) is 2.26. The van der Waals surface area contributed by atoms with Crippen LogP contribution in [0.5, 0.6) is 0 Å². The summed E-state index contributed by atoms with van der Waals surface area (Å²) in [5.41, 5.74) is 2.76. The van der Waals surface area contributed by atoms with Crippen LogP contribution >= 0.6 is 11.3 Å². The van der Waals surface area contributed by atoms with E-state index in [4.69, 9.17) is 0 Å². The zero-order valence-corrected chi connectivity index (χ0v) is 10.7. The normalized spacial score (nSPS) is 10.2. The summed E-state index contributed by atoms with van der Waals surface area (Å²) < 4.78 is 0. The minimum atomic E-state index is -0.109. The number of rotatable bonds is 3. The van der Waals surface area contributed by atoms with Crippen molar-refractivity contribution in [2.24, 2.45) is 0 Å². The van der Waals surface area contributed by atoms with Crippen LogP contribution in [0.2, 0.25) is 0 Å². The minimum Gasteiger partial charge on any atom is -0.351 e. The molecule has 0 aliphatic rings. The van der Waals surface area contributed by atoms with Gasteiger partial charge in [-0.05, 0) is 13.8 Å². The molecule has 1 aromatic heterocycles. The van der Waals surface area contributed by atoms with Crippen LogP contribution in [0, 0.1) is 6.92 Å². The first-order valence-corrected chi connectivity index (χ1v) is 6.39. The second kappa shape index (κ2) is 5.10. The van der Waals surface area contributed by atoms with Crippen molar-refractivity contribution in [2.75, 3.05) is 6.54 Å². The molecule has 0 fully saturated rings. The quantitative estimate of drug-likeness (QED) is 0.904. The van der Waals surface area contributed by atoms with Crippen molar-refractivity contribution in [3.05, 3.63) is 40.9 Å². The van der Waals surface area contributed by atoms with Gasteiger partial charge in [-0.3, -0.25) is 4.79 Å². The highest BCUT2D eigenvalue weighted by molar-refractivity contribution is 7.13. The van der Waals surface area contributed by atoms with Gasteiger partial charge in [0.25, 0.3) is 5.91 Å². The van der Waals surface area contributed by atoms with Crippen molar-refractivity contribution in [3.63, 3.8) is 0 Å². The number of carbonyl (C=O) groups is 1. The summed E-state index contributed by atoms with van der Waals surface area (Å²) in [5.74, 6) is -0.109. The van der Waals surface area contributed by atoms with E-state index < -0.39 is 0 Å². The highest BCUT2D eigenvalue weighted by Gasteiger charge is 2.10. The van der Waals surface area contributed by atoms with E-state index in [1.807, 2.05) is 38.1 Å². The Morgan fingerprint density at radius 2 is 2.06 bits per heavy atom. The molecule has 0 saturated carbocycles. The van der Waals surface area contributed by atoms with Crippen molar-refractivity contribution in [2.45, 2.75) is 13.8 Å². The van der Waals surface area contributed by atoms with E-state index in [0.717, 1.165) is 10.6 Å². The summed E-state index contributed by atoms with van der Waals surface area (Å²) in [5, 5.41) is 5.41. The Kier molecular flexibility index (Phi) is 3.54. The van der Waals surface area contributed by atoms with Gasteiger partial charge >= 0.3 is 0 Å². The van der Waals surface area contributed by atoms with Crippen LogP contribution in [0.1, 0.15) is 23.0 Å². The maximum atomic E-state index is 11.6. The monoisotopic (exact) mass is 246 g/mol. The van der Waals surface area contributed by atoms with E-state index in [-0.39, 0.29) is 5.91 Å². The van der Waals surface area contributed by atoms with Crippen molar-refractivity contribution in [3.8, 4) is 10.6 Å². The molecule has 1 amide bonds. The molecular weight excluding hydrogens is 232 g/mol. The number of nitrogens with zero attached hydrogens (tertiary/aromatic N) is 1. The molecule has 0 saturated heterocycles. The number of nitrogens with one attached hydrogen (secondary N) is 1. The zero-order valence-electron chi connectivity index (χ0n) is 9.86. The molecule has 0 aliphatic heterocycles. The van der Waals surface area contributed by atoms with E-state index in [1.165, 1.54) is 16.9 Å². The number of hydrogen-bond donors (Lipinski definition) is 1. The topological polar surface area (TPSA) is 42.0 Å². The predicted octanol–water partition coefficient (Wildman–Crippen LogP) is 2.87. The van der Waals surface area contributed by atoms with Gasteiger partial charge in [-0.1, -0.05) is 29.8 Å². The number of benzene rings is 1. The summed E-state index contributed by atoms with van der Waals surface area (Å²) in [4.78, 5) is 15.9. The molecule has 0 bridgehead atoms. The van der Waals surface area contributed by atoms with Crippen molar-refractivity contribution < 1.29 is 4.79 Å². The first-order valence-electron chi connectivity index (χ1n) is 5.51. The van der Waals surface area contributed by atoms with E-state index in [1.54, 1.807) is 5.38 Å². The van der Waals surface area contributed by atoms with E-state index in [0.29, 0.717) is 12.2 Å². The van der Waals surface area contributed by atoms with Crippen LogP contribution in [-0.4, -0.2) is 17.4 Å². The Morgan fingerprint density at radius 3 is 2.71 bits per heavy atom. The average molecular weight is 246 g/mol. The second-order valence-electron chi connectivity index (χ2n) is 3.76. The van der Waals surface area contributed by atoms with Gasteiger partial charge in [0.1, 0.15) is 10.7 Å². The Labute approximate surface area is 105 Å². The van der Waals surface area contributed by atoms with E-state index in [9.17, 15) is 4.79 Å². The molecule has 1 heterocycles. The number of hydrogen-bond acceptors (Lipinski definition) is 3. The maximum absolute atomic E-state index is 11.6. The van der Waals surface area contributed by atoms with Crippen LogP contribution in [0.25, 0.3) is 10.6 Å². The van der Waals surface area contributed by atoms with Crippen molar-refractivity contribution >= 4 is 17.2 Å². The minimum absolute atomic E-state index is 0.109. The molecule has 1 N–H and O–H groups in total. The highest BCUT2D eigenvalue weighted by atomic mass is 32.1. The molecule has 1 aromatic carbocycles. The Bertz CT molecular complexity index is 516. The second-order valence-corrected chi connectivity index (χ2v) is 4.62. The van der Waals surface area contributed by atoms with Gasteiger partial charge in [0, 0.05) is 17.5 Å². The van der Waals surface area contributed by atoms with Crippen molar-refractivity contribution in [1.29, 1.82) is 0 Å². The lowest BCUT2D eigenvalue weighted by molar-refractivity contribution is 0.0951. The average Bonchev–Trinajstić information content (AvgIpc) is 2.80. The highest BCUT2D eigenvalue weighted by Crippen LogP contribution is 2.23.